The quantitative estimate of drug-likeness (QED) is 0.693. The molecule has 7 nitrogen and oxygen atoms in total. The first kappa shape index (κ1) is 19.8. The van der Waals surface area contributed by atoms with Crippen molar-refractivity contribution in [3.8, 4) is 11.4 Å². The summed E-state index contributed by atoms with van der Waals surface area (Å²) >= 11 is 0. The highest BCUT2D eigenvalue weighted by atomic mass is 19.1. The second kappa shape index (κ2) is 8.44. The van der Waals surface area contributed by atoms with Gasteiger partial charge < -0.3 is 10.2 Å². The minimum absolute atomic E-state index is 0.101. The molecule has 2 aromatic heterocycles. The molecule has 0 radical (unpaired) electrons. The zero-order valence-electron chi connectivity index (χ0n) is 16.6. The van der Waals surface area contributed by atoms with Gasteiger partial charge in [0, 0.05) is 30.9 Å². The van der Waals surface area contributed by atoms with Crippen LogP contribution in [0.1, 0.15) is 28.9 Å². The third-order valence-corrected chi connectivity index (χ3v) is 5.33. The molecule has 0 aliphatic carbocycles. The van der Waals surface area contributed by atoms with Crippen LogP contribution in [-0.2, 0) is 4.79 Å². The van der Waals surface area contributed by atoms with Crippen LogP contribution in [0, 0.1) is 18.7 Å². The van der Waals surface area contributed by atoms with E-state index < -0.39 is 0 Å². The summed E-state index contributed by atoms with van der Waals surface area (Å²) in [5, 5.41) is 9.84. The number of rotatable bonds is 4. The molecule has 0 saturated carbocycles. The number of anilines is 1. The highest BCUT2D eigenvalue weighted by Gasteiger charge is 2.29. The Kier molecular flexibility index (Phi) is 5.56. The lowest BCUT2D eigenvalue weighted by molar-refractivity contribution is -0.121. The van der Waals surface area contributed by atoms with E-state index in [1.54, 1.807) is 30.2 Å². The molecule has 3 aromatic rings. The molecule has 1 aromatic carbocycles. The summed E-state index contributed by atoms with van der Waals surface area (Å²) < 4.78 is 13.2. The van der Waals surface area contributed by atoms with Crippen molar-refractivity contribution in [3.63, 3.8) is 0 Å². The Hall–Kier alpha value is -3.55. The number of amides is 2. The molecule has 0 unspecified atom stereocenters. The maximum atomic E-state index is 13.2. The van der Waals surface area contributed by atoms with E-state index in [1.807, 2.05) is 18.2 Å². The van der Waals surface area contributed by atoms with Crippen LogP contribution in [0.25, 0.3) is 11.4 Å². The average Bonchev–Trinajstić information content (AvgIpc) is 3.26. The zero-order valence-corrected chi connectivity index (χ0v) is 16.6. The predicted octanol–water partition coefficient (Wildman–Crippen LogP) is 3.41. The molecule has 0 bridgehead atoms. The van der Waals surface area contributed by atoms with E-state index in [9.17, 15) is 14.0 Å². The number of nitrogens with zero attached hydrogens (tertiary/aromatic N) is 3. The number of aromatic amines is 1. The van der Waals surface area contributed by atoms with E-state index in [0.717, 1.165) is 0 Å². The van der Waals surface area contributed by atoms with Crippen molar-refractivity contribution in [2.45, 2.75) is 19.8 Å². The number of carbonyl (C=O) groups is 2. The highest BCUT2D eigenvalue weighted by molar-refractivity contribution is 5.95. The van der Waals surface area contributed by atoms with Gasteiger partial charge in [-0.15, -0.1) is 0 Å². The van der Waals surface area contributed by atoms with E-state index in [-0.39, 0.29) is 23.5 Å². The largest absolute Gasteiger partial charge is 0.337 e. The number of nitrogens with one attached hydrogen (secondary N) is 2. The van der Waals surface area contributed by atoms with Gasteiger partial charge in [0.25, 0.3) is 5.91 Å². The Bertz CT molecular complexity index is 1060. The Morgan fingerprint density at radius 2 is 1.93 bits per heavy atom. The number of likely N-dealkylation sites (tertiary alicyclic amines) is 1. The van der Waals surface area contributed by atoms with Crippen molar-refractivity contribution in [1.29, 1.82) is 0 Å². The first-order valence-corrected chi connectivity index (χ1v) is 9.84. The van der Waals surface area contributed by atoms with E-state index in [4.69, 9.17) is 0 Å². The molecule has 1 aliphatic rings. The lowest BCUT2D eigenvalue weighted by Gasteiger charge is -2.31. The number of benzene rings is 1. The van der Waals surface area contributed by atoms with Gasteiger partial charge in [0.1, 0.15) is 17.2 Å². The maximum absolute atomic E-state index is 13.2. The molecule has 1 aliphatic heterocycles. The smallest absolute Gasteiger partial charge is 0.271 e. The fraction of sp³-hybridized carbons (Fsp3) is 0.273. The van der Waals surface area contributed by atoms with Crippen molar-refractivity contribution in [2.24, 2.45) is 5.92 Å². The van der Waals surface area contributed by atoms with Gasteiger partial charge >= 0.3 is 0 Å². The van der Waals surface area contributed by atoms with Crippen LogP contribution in [0.15, 0.2) is 48.7 Å². The highest BCUT2D eigenvalue weighted by Crippen LogP contribution is 2.23. The average molecular weight is 407 g/mol. The first-order chi connectivity index (χ1) is 14.5. The van der Waals surface area contributed by atoms with Crippen LogP contribution in [0.2, 0.25) is 0 Å². The van der Waals surface area contributed by atoms with E-state index >= 15 is 0 Å². The van der Waals surface area contributed by atoms with Crippen LogP contribution < -0.4 is 5.32 Å². The van der Waals surface area contributed by atoms with Crippen LogP contribution in [0.5, 0.6) is 0 Å². The van der Waals surface area contributed by atoms with E-state index in [0.29, 0.717) is 54.3 Å². The standard InChI is InChI=1S/C22H22FN5O2/c1-14-12-16(23)5-6-17(14)25-21(29)15-7-10-28(11-8-15)22(30)20-13-19(26-27-20)18-4-2-3-9-24-18/h2-6,9,12-13,15H,7-8,10-11H2,1H3,(H,25,29)(H,26,27). The summed E-state index contributed by atoms with van der Waals surface area (Å²) in [6, 6.07) is 11.5. The number of hydrogen-bond acceptors (Lipinski definition) is 4. The number of aromatic nitrogens is 3. The van der Waals surface area contributed by atoms with Crippen LogP contribution in [0.4, 0.5) is 10.1 Å². The maximum Gasteiger partial charge on any atom is 0.271 e. The summed E-state index contributed by atoms with van der Waals surface area (Å²) in [5.41, 5.74) is 3.00. The predicted molar refractivity (Wildman–Crippen MR) is 110 cm³/mol. The summed E-state index contributed by atoms with van der Waals surface area (Å²) in [6.45, 7) is 2.72. The van der Waals surface area contributed by atoms with Crippen molar-refractivity contribution in [3.05, 3.63) is 65.7 Å². The Balaban J connectivity index is 1.34. The van der Waals surface area contributed by atoms with Gasteiger partial charge in [-0.2, -0.15) is 5.10 Å². The first-order valence-electron chi connectivity index (χ1n) is 9.84. The topological polar surface area (TPSA) is 91.0 Å². The molecular formula is C22H22FN5O2. The lowest BCUT2D eigenvalue weighted by Crippen LogP contribution is -2.41. The number of carbonyl (C=O) groups excluding carboxylic acids is 2. The van der Waals surface area contributed by atoms with E-state index in [2.05, 4.69) is 20.5 Å². The lowest BCUT2D eigenvalue weighted by atomic mass is 9.95. The molecule has 2 amide bonds. The summed E-state index contributed by atoms with van der Waals surface area (Å²) in [5.74, 6) is -0.764. The van der Waals surface area contributed by atoms with Gasteiger partial charge in [-0.1, -0.05) is 6.07 Å². The monoisotopic (exact) mass is 407 g/mol. The number of pyridine rings is 1. The number of halogens is 1. The molecule has 8 heteroatoms. The second-order valence-electron chi connectivity index (χ2n) is 7.40. The number of H-pyrrole nitrogens is 1. The third-order valence-electron chi connectivity index (χ3n) is 5.33. The van der Waals surface area contributed by atoms with Crippen molar-refractivity contribution in [2.75, 3.05) is 18.4 Å². The Morgan fingerprint density at radius 1 is 1.13 bits per heavy atom. The third kappa shape index (κ3) is 4.22. The Labute approximate surface area is 173 Å². The van der Waals surface area contributed by atoms with Crippen molar-refractivity contribution < 1.29 is 14.0 Å². The molecule has 2 N–H and O–H groups in total. The fourth-order valence-electron chi connectivity index (χ4n) is 3.59. The molecule has 30 heavy (non-hydrogen) atoms. The molecular weight excluding hydrogens is 385 g/mol. The molecule has 1 saturated heterocycles. The molecule has 4 rings (SSSR count). The summed E-state index contributed by atoms with van der Waals surface area (Å²) in [6.07, 6.45) is 2.81. The molecule has 0 atom stereocenters. The molecule has 3 heterocycles. The van der Waals surface area contributed by atoms with Gasteiger partial charge in [0.15, 0.2) is 0 Å². The van der Waals surface area contributed by atoms with Gasteiger partial charge in [-0.05, 0) is 61.7 Å². The molecule has 0 spiro atoms. The number of piperidine rings is 1. The zero-order chi connectivity index (χ0) is 21.1. The minimum Gasteiger partial charge on any atom is -0.337 e. The van der Waals surface area contributed by atoms with E-state index in [1.165, 1.54) is 12.1 Å². The molecule has 154 valence electrons. The summed E-state index contributed by atoms with van der Waals surface area (Å²) in [7, 11) is 0. The van der Waals surface area contributed by atoms with Gasteiger partial charge in [0.2, 0.25) is 5.91 Å². The number of aryl methyl sites for hydroxylation is 1. The fourth-order valence-corrected chi connectivity index (χ4v) is 3.59. The summed E-state index contributed by atoms with van der Waals surface area (Å²) in [4.78, 5) is 31.3. The van der Waals surface area contributed by atoms with Gasteiger partial charge in [-0.3, -0.25) is 19.7 Å². The normalized spacial score (nSPS) is 14.5. The van der Waals surface area contributed by atoms with Crippen LogP contribution >= 0.6 is 0 Å². The minimum atomic E-state index is -0.331. The van der Waals surface area contributed by atoms with Crippen molar-refractivity contribution >= 4 is 17.5 Å². The molecule has 1 fully saturated rings. The second-order valence-corrected chi connectivity index (χ2v) is 7.40. The van der Waals surface area contributed by atoms with Crippen LogP contribution in [0.3, 0.4) is 0 Å². The Morgan fingerprint density at radius 3 is 2.63 bits per heavy atom. The number of hydrogen-bond donors (Lipinski definition) is 2. The van der Waals surface area contributed by atoms with Crippen LogP contribution in [-0.4, -0.2) is 45.0 Å². The van der Waals surface area contributed by atoms with Gasteiger partial charge in [0.05, 0.1) is 5.69 Å². The van der Waals surface area contributed by atoms with Gasteiger partial charge in [-0.25, -0.2) is 4.39 Å². The SMILES string of the molecule is Cc1cc(F)ccc1NC(=O)C1CCN(C(=O)c2cc(-c3ccccn3)n[nH]2)CC1. The van der Waals surface area contributed by atoms with Crippen molar-refractivity contribution in [1.82, 2.24) is 20.1 Å².